The van der Waals surface area contributed by atoms with Gasteiger partial charge < -0.3 is 10.4 Å². The molecule has 2 nitrogen and oxygen atoms in total. The summed E-state index contributed by atoms with van der Waals surface area (Å²) in [6.07, 6.45) is 3.12. The second kappa shape index (κ2) is 5.56. The van der Waals surface area contributed by atoms with Crippen molar-refractivity contribution in [3.05, 3.63) is 0 Å². The normalized spacial score (nSPS) is 12.0. The van der Waals surface area contributed by atoms with Crippen LogP contribution in [0.25, 0.3) is 0 Å². The molecule has 0 aromatic heterocycles. The highest BCUT2D eigenvalue weighted by Gasteiger charge is 2.11. The molecule has 0 aliphatic rings. The van der Waals surface area contributed by atoms with Crippen molar-refractivity contribution < 1.29 is 5.11 Å². The fourth-order valence-electron chi connectivity index (χ4n) is 0.789. The molecule has 0 unspecified atom stereocenters. The summed E-state index contributed by atoms with van der Waals surface area (Å²) in [7, 11) is 0. The van der Waals surface area contributed by atoms with E-state index in [0.29, 0.717) is 6.61 Å². The standard InChI is InChI=1S/C9H21NO/c1-4-9(2,3)10-7-5-6-8-11/h10-11H,4-8H2,1-3H3. The fourth-order valence-corrected chi connectivity index (χ4v) is 0.789. The lowest BCUT2D eigenvalue weighted by atomic mass is 10.0. The summed E-state index contributed by atoms with van der Waals surface area (Å²) in [6, 6.07) is 0. The van der Waals surface area contributed by atoms with Crippen LogP contribution in [0.1, 0.15) is 40.0 Å². The third kappa shape index (κ3) is 6.32. The van der Waals surface area contributed by atoms with Crippen LogP contribution in [0.4, 0.5) is 0 Å². The first-order chi connectivity index (χ1) is 5.12. The molecule has 0 aliphatic heterocycles. The predicted molar refractivity (Wildman–Crippen MR) is 48.7 cm³/mol. The van der Waals surface area contributed by atoms with Crippen molar-refractivity contribution in [3.8, 4) is 0 Å². The van der Waals surface area contributed by atoms with E-state index in [0.717, 1.165) is 25.8 Å². The van der Waals surface area contributed by atoms with Crippen LogP contribution in [0.2, 0.25) is 0 Å². The van der Waals surface area contributed by atoms with E-state index < -0.39 is 0 Å². The molecule has 0 rings (SSSR count). The molecule has 68 valence electrons. The van der Waals surface area contributed by atoms with E-state index in [1.165, 1.54) is 0 Å². The van der Waals surface area contributed by atoms with E-state index in [-0.39, 0.29) is 5.54 Å². The van der Waals surface area contributed by atoms with Gasteiger partial charge in [0.25, 0.3) is 0 Å². The molecule has 0 bridgehead atoms. The lowest BCUT2D eigenvalue weighted by Crippen LogP contribution is -2.39. The Labute approximate surface area is 70.0 Å². The highest BCUT2D eigenvalue weighted by molar-refractivity contribution is 4.74. The van der Waals surface area contributed by atoms with E-state index in [9.17, 15) is 0 Å². The highest BCUT2D eigenvalue weighted by Crippen LogP contribution is 2.06. The molecular formula is C9H21NO. The summed E-state index contributed by atoms with van der Waals surface area (Å²) in [5.74, 6) is 0. The highest BCUT2D eigenvalue weighted by atomic mass is 16.2. The largest absolute Gasteiger partial charge is 0.396 e. The second-order valence-electron chi connectivity index (χ2n) is 3.59. The molecule has 2 N–H and O–H groups in total. The first-order valence-corrected chi connectivity index (χ1v) is 4.48. The van der Waals surface area contributed by atoms with Gasteiger partial charge in [-0.2, -0.15) is 0 Å². The van der Waals surface area contributed by atoms with Crippen molar-refractivity contribution in [3.63, 3.8) is 0 Å². The number of rotatable bonds is 6. The average molecular weight is 159 g/mol. The third-order valence-electron chi connectivity index (χ3n) is 2.07. The lowest BCUT2D eigenvalue weighted by Gasteiger charge is -2.24. The fraction of sp³-hybridized carbons (Fsp3) is 1.00. The van der Waals surface area contributed by atoms with Crippen molar-refractivity contribution in [1.82, 2.24) is 5.32 Å². The maximum absolute atomic E-state index is 8.53. The van der Waals surface area contributed by atoms with Crippen LogP contribution in [0.15, 0.2) is 0 Å². The van der Waals surface area contributed by atoms with E-state index >= 15 is 0 Å². The van der Waals surface area contributed by atoms with Crippen LogP contribution in [-0.2, 0) is 0 Å². The Bertz CT molecular complexity index is 91.6. The predicted octanol–water partition coefficient (Wildman–Crippen LogP) is 1.54. The zero-order chi connectivity index (χ0) is 8.74. The molecule has 0 saturated carbocycles. The van der Waals surface area contributed by atoms with E-state index in [4.69, 9.17) is 5.11 Å². The maximum atomic E-state index is 8.53. The van der Waals surface area contributed by atoms with Crippen LogP contribution in [-0.4, -0.2) is 23.8 Å². The SMILES string of the molecule is CCC(C)(C)NCCCCO. The summed E-state index contributed by atoms with van der Waals surface area (Å²) < 4.78 is 0. The van der Waals surface area contributed by atoms with Crippen molar-refractivity contribution in [2.75, 3.05) is 13.2 Å². The molecule has 0 atom stereocenters. The number of hydrogen-bond donors (Lipinski definition) is 2. The molecule has 0 aliphatic carbocycles. The molecule has 0 amide bonds. The van der Waals surface area contributed by atoms with Gasteiger partial charge in [0, 0.05) is 12.1 Å². The van der Waals surface area contributed by atoms with Crippen LogP contribution in [0.5, 0.6) is 0 Å². The molecule has 0 spiro atoms. The Balaban J connectivity index is 3.23. The molecular weight excluding hydrogens is 138 g/mol. The molecule has 2 heteroatoms. The van der Waals surface area contributed by atoms with Crippen LogP contribution in [0.3, 0.4) is 0 Å². The summed E-state index contributed by atoms with van der Waals surface area (Å²) in [5.41, 5.74) is 0.259. The zero-order valence-electron chi connectivity index (χ0n) is 7.98. The Hall–Kier alpha value is -0.0800. The van der Waals surface area contributed by atoms with Gasteiger partial charge >= 0.3 is 0 Å². The molecule has 11 heavy (non-hydrogen) atoms. The van der Waals surface area contributed by atoms with Gasteiger partial charge in [0.2, 0.25) is 0 Å². The monoisotopic (exact) mass is 159 g/mol. The number of aliphatic hydroxyl groups is 1. The van der Waals surface area contributed by atoms with Crippen LogP contribution < -0.4 is 5.32 Å². The van der Waals surface area contributed by atoms with Gasteiger partial charge in [0.05, 0.1) is 0 Å². The minimum atomic E-state index is 0.259. The zero-order valence-corrected chi connectivity index (χ0v) is 7.98. The molecule has 0 radical (unpaired) electrons. The first-order valence-electron chi connectivity index (χ1n) is 4.48. The number of hydrogen-bond acceptors (Lipinski definition) is 2. The Kier molecular flexibility index (Phi) is 5.51. The summed E-state index contributed by atoms with van der Waals surface area (Å²) in [6.45, 7) is 7.91. The Morgan fingerprint density at radius 2 is 1.91 bits per heavy atom. The molecule has 0 aromatic rings. The van der Waals surface area contributed by atoms with Crippen LogP contribution in [0, 0.1) is 0 Å². The summed E-state index contributed by atoms with van der Waals surface area (Å²) in [4.78, 5) is 0. The Morgan fingerprint density at radius 3 is 2.36 bits per heavy atom. The molecule has 0 fully saturated rings. The van der Waals surface area contributed by atoms with Crippen molar-refractivity contribution in [2.24, 2.45) is 0 Å². The van der Waals surface area contributed by atoms with E-state index in [1.54, 1.807) is 0 Å². The number of unbranched alkanes of at least 4 members (excludes halogenated alkanes) is 1. The van der Waals surface area contributed by atoms with Crippen molar-refractivity contribution >= 4 is 0 Å². The first kappa shape index (κ1) is 10.9. The van der Waals surface area contributed by atoms with Crippen LogP contribution >= 0.6 is 0 Å². The van der Waals surface area contributed by atoms with Gasteiger partial charge in [-0.15, -0.1) is 0 Å². The topological polar surface area (TPSA) is 32.3 Å². The quantitative estimate of drug-likeness (QED) is 0.576. The van der Waals surface area contributed by atoms with Gasteiger partial charge in [-0.25, -0.2) is 0 Å². The van der Waals surface area contributed by atoms with E-state index in [1.807, 2.05) is 0 Å². The third-order valence-corrected chi connectivity index (χ3v) is 2.07. The second-order valence-corrected chi connectivity index (χ2v) is 3.59. The average Bonchev–Trinajstić information content (AvgIpc) is 1.99. The number of aliphatic hydroxyl groups excluding tert-OH is 1. The minimum absolute atomic E-state index is 0.259. The van der Waals surface area contributed by atoms with Gasteiger partial charge in [0.15, 0.2) is 0 Å². The summed E-state index contributed by atoms with van der Waals surface area (Å²) in [5, 5.41) is 12.0. The molecule has 0 aromatic carbocycles. The smallest absolute Gasteiger partial charge is 0.0431 e. The van der Waals surface area contributed by atoms with Gasteiger partial charge in [-0.05, 0) is 39.7 Å². The lowest BCUT2D eigenvalue weighted by molar-refractivity contribution is 0.278. The van der Waals surface area contributed by atoms with E-state index in [2.05, 4.69) is 26.1 Å². The van der Waals surface area contributed by atoms with Gasteiger partial charge in [-0.3, -0.25) is 0 Å². The van der Waals surface area contributed by atoms with Gasteiger partial charge in [-0.1, -0.05) is 6.92 Å². The minimum Gasteiger partial charge on any atom is -0.396 e. The van der Waals surface area contributed by atoms with Crippen molar-refractivity contribution in [2.45, 2.75) is 45.6 Å². The maximum Gasteiger partial charge on any atom is 0.0431 e. The Morgan fingerprint density at radius 1 is 1.27 bits per heavy atom. The molecule has 0 heterocycles. The van der Waals surface area contributed by atoms with Gasteiger partial charge in [0.1, 0.15) is 0 Å². The number of nitrogens with one attached hydrogen (secondary N) is 1. The summed E-state index contributed by atoms with van der Waals surface area (Å²) >= 11 is 0. The van der Waals surface area contributed by atoms with Crippen molar-refractivity contribution in [1.29, 1.82) is 0 Å². The molecule has 0 saturated heterocycles.